The molecule has 28 heavy (non-hydrogen) atoms. The van der Waals surface area contributed by atoms with Gasteiger partial charge in [0, 0.05) is 31.2 Å². The van der Waals surface area contributed by atoms with Crippen molar-refractivity contribution < 1.29 is 22.7 Å². The fraction of sp³-hybridized carbons (Fsp3) is 0.471. The second-order valence-corrected chi connectivity index (χ2v) is 8.35. The first-order chi connectivity index (χ1) is 13.2. The predicted molar refractivity (Wildman–Crippen MR) is 107 cm³/mol. The van der Waals surface area contributed by atoms with Gasteiger partial charge in [-0.3, -0.25) is 4.79 Å². The van der Waals surface area contributed by atoms with Gasteiger partial charge >= 0.3 is 6.18 Å². The van der Waals surface area contributed by atoms with E-state index in [-0.39, 0.29) is 23.9 Å². The number of carbonyl (C=O) groups excluding carboxylic acids is 1. The molecule has 154 valence electrons. The summed E-state index contributed by atoms with van der Waals surface area (Å²) in [7, 11) is 0. The van der Waals surface area contributed by atoms with Crippen molar-refractivity contribution in [2.75, 3.05) is 23.0 Å². The zero-order valence-corrected chi connectivity index (χ0v) is 17.4. The maximum absolute atomic E-state index is 12.5. The number of halogens is 4. The number of hydrogen-bond acceptors (Lipinski definition) is 5. The van der Waals surface area contributed by atoms with Crippen LogP contribution in [0, 0.1) is 5.21 Å². The molecule has 2 aromatic heterocycles. The number of hydrogen-bond donors (Lipinski definition) is 0. The van der Waals surface area contributed by atoms with Crippen LogP contribution in [0.4, 0.5) is 18.2 Å². The number of nitrogens with zero attached hydrogens (tertiary/aromatic N) is 3. The maximum Gasteiger partial charge on any atom is 0.389 e. The first kappa shape index (κ1) is 22.8. The molecule has 0 atom stereocenters. The number of rotatable bonds is 9. The molecule has 0 radical (unpaired) electrons. The summed E-state index contributed by atoms with van der Waals surface area (Å²) in [5, 5.41) is 12.6. The van der Waals surface area contributed by atoms with Gasteiger partial charge in [0.25, 0.3) is 0 Å². The van der Waals surface area contributed by atoms with E-state index in [4.69, 9.17) is 11.6 Å². The molecule has 5 nitrogen and oxygen atoms in total. The molecule has 0 unspecified atom stereocenters. The number of pyridine rings is 1. The SMILES string of the molecule is CCN(C(=O)CCSCCCC(F)(F)F)c1sc(-c2ccc[n+]([O-])c2)nc1Cl. The largest absolute Gasteiger partial charge is 0.619 e. The Balaban J connectivity index is 1.94. The molecule has 0 N–H and O–H groups in total. The molecule has 0 saturated carbocycles. The molecular formula is C17H19ClF3N3O2S2. The van der Waals surface area contributed by atoms with Crippen LogP contribution in [0.25, 0.3) is 10.6 Å². The molecule has 1 amide bonds. The summed E-state index contributed by atoms with van der Waals surface area (Å²) < 4.78 is 37.0. The Morgan fingerprint density at radius 2 is 2.18 bits per heavy atom. The van der Waals surface area contributed by atoms with Gasteiger partial charge in [0.05, 0.1) is 5.56 Å². The van der Waals surface area contributed by atoms with Gasteiger partial charge in [-0.25, -0.2) is 4.98 Å². The highest BCUT2D eigenvalue weighted by molar-refractivity contribution is 7.99. The molecule has 0 aromatic carbocycles. The quantitative estimate of drug-likeness (QED) is 0.307. The van der Waals surface area contributed by atoms with Crippen molar-refractivity contribution in [3.8, 4) is 10.6 Å². The van der Waals surface area contributed by atoms with Crippen molar-refractivity contribution in [1.82, 2.24) is 4.98 Å². The minimum atomic E-state index is -4.14. The molecule has 0 aliphatic rings. The fourth-order valence-corrected chi connectivity index (χ4v) is 4.62. The Bertz CT molecular complexity index is 802. The van der Waals surface area contributed by atoms with Gasteiger partial charge in [0.15, 0.2) is 17.5 Å². The molecule has 0 aliphatic carbocycles. The van der Waals surface area contributed by atoms with E-state index >= 15 is 0 Å². The topological polar surface area (TPSA) is 60.1 Å². The molecule has 2 aromatic rings. The van der Waals surface area contributed by atoms with Gasteiger partial charge < -0.3 is 10.1 Å². The standard InChI is InChI=1S/C17H19ClF3N3O2S2/c1-2-24(13(25)6-10-27-9-4-7-17(19,20)21)16-14(18)22-15(28-16)12-5-3-8-23(26)11-12/h3,5,8,11H,2,4,6-7,9-10H2,1H3. The maximum atomic E-state index is 12.5. The summed E-state index contributed by atoms with van der Waals surface area (Å²) in [6, 6.07) is 3.32. The third-order valence-corrected chi connectivity index (χ3v) is 6.24. The Labute approximate surface area is 174 Å². The highest BCUT2D eigenvalue weighted by Crippen LogP contribution is 2.37. The van der Waals surface area contributed by atoms with E-state index in [2.05, 4.69) is 4.98 Å². The fourth-order valence-electron chi connectivity index (χ4n) is 2.37. The smallest absolute Gasteiger partial charge is 0.389 e. The van der Waals surface area contributed by atoms with Crippen molar-refractivity contribution in [2.45, 2.75) is 32.4 Å². The van der Waals surface area contributed by atoms with E-state index in [1.165, 1.54) is 40.4 Å². The first-order valence-corrected chi connectivity index (χ1v) is 10.9. The van der Waals surface area contributed by atoms with Crippen molar-refractivity contribution in [1.29, 1.82) is 0 Å². The molecule has 0 bridgehead atoms. The molecule has 2 heterocycles. The molecule has 0 spiro atoms. The van der Waals surface area contributed by atoms with Crippen molar-refractivity contribution in [2.24, 2.45) is 0 Å². The minimum Gasteiger partial charge on any atom is -0.619 e. The van der Waals surface area contributed by atoms with Crippen LogP contribution in [0.3, 0.4) is 0 Å². The second-order valence-electron chi connectivity index (χ2n) is 5.79. The van der Waals surface area contributed by atoms with Gasteiger partial charge in [0.1, 0.15) is 10.0 Å². The summed E-state index contributed by atoms with van der Waals surface area (Å²) in [6.07, 6.45) is -1.99. The normalized spacial score (nSPS) is 11.6. The Morgan fingerprint density at radius 1 is 1.43 bits per heavy atom. The predicted octanol–water partition coefficient (Wildman–Crippen LogP) is 4.92. The van der Waals surface area contributed by atoms with Crippen LogP contribution in [-0.4, -0.2) is 35.1 Å². The van der Waals surface area contributed by atoms with E-state index in [0.29, 0.717) is 38.4 Å². The van der Waals surface area contributed by atoms with Crippen LogP contribution in [0.1, 0.15) is 26.2 Å². The Hall–Kier alpha value is -1.52. The molecule has 0 saturated heterocycles. The van der Waals surface area contributed by atoms with Crippen molar-refractivity contribution >= 4 is 45.6 Å². The molecule has 2 rings (SSSR count). The molecular weight excluding hydrogens is 435 g/mol. The summed E-state index contributed by atoms with van der Waals surface area (Å²) in [6.45, 7) is 2.19. The zero-order valence-electron chi connectivity index (χ0n) is 15.0. The molecule has 0 aliphatic heterocycles. The third kappa shape index (κ3) is 6.82. The van der Waals surface area contributed by atoms with E-state index in [1.54, 1.807) is 19.1 Å². The lowest BCUT2D eigenvalue weighted by Gasteiger charge is -2.19. The number of amides is 1. The summed E-state index contributed by atoms with van der Waals surface area (Å²) in [5.41, 5.74) is 0.597. The molecule has 11 heteroatoms. The zero-order chi connectivity index (χ0) is 20.7. The molecule has 0 fully saturated rings. The highest BCUT2D eigenvalue weighted by Gasteiger charge is 2.26. The summed E-state index contributed by atoms with van der Waals surface area (Å²) in [5.74, 6) is 0.619. The lowest BCUT2D eigenvalue weighted by molar-refractivity contribution is -0.604. The van der Waals surface area contributed by atoms with Gasteiger partial charge in [0.2, 0.25) is 5.91 Å². The van der Waals surface area contributed by atoms with Crippen LogP contribution < -0.4 is 9.63 Å². The average molecular weight is 454 g/mol. The van der Waals surface area contributed by atoms with Crippen LogP contribution in [0.2, 0.25) is 5.15 Å². The third-order valence-electron chi connectivity index (χ3n) is 3.66. The van der Waals surface area contributed by atoms with Crippen molar-refractivity contribution in [3.63, 3.8) is 0 Å². The van der Waals surface area contributed by atoms with E-state index in [9.17, 15) is 23.2 Å². The number of aromatic nitrogens is 2. The highest BCUT2D eigenvalue weighted by atomic mass is 35.5. The van der Waals surface area contributed by atoms with Gasteiger partial charge in [-0.15, -0.1) is 0 Å². The van der Waals surface area contributed by atoms with Crippen LogP contribution >= 0.6 is 34.7 Å². The summed E-state index contributed by atoms with van der Waals surface area (Å²) in [4.78, 5) is 18.3. The lowest BCUT2D eigenvalue weighted by Crippen LogP contribution is -2.30. The number of carbonyl (C=O) groups is 1. The van der Waals surface area contributed by atoms with Crippen LogP contribution in [0.15, 0.2) is 24.5 Å². The van der Waals surface area contributed by atoms with Crippen molar-refractivity contribution in [3.05, 3.63) is 34.9 Å². The van der Waals surface area contributed by atoms with E-state index < -0.39 is 12.6 Å². The Morgan fingerprint density at radius 3 is 2.82 bits per heavy atom. The van der Waals surface area contributed by atoms with Gasteiger partial charge in [-0.05, 0) is 25.2 Å². The summed E-state index contributed by atoms with van der Waals surface area (Å²) >= 11 is 8.74. The van der Waals surface area contributed by atoms with E-state index in [0.717, 1.165) is 0 Å². The number of anilines is 1. The van der Waals surface area contributed by atoms with Crippen LogP contribution in [0.5, 0.6) is 0 Å². The minimum absolute atomic E-state index is 0.0423. The second kappa shape index (κ2) is 10.3. The van der Waals surface area contributed by atoms with Gasteiger partial charge in [-0.1, -0.05) is 22.9 Å². The number of thioether (sulfide) groups is 1. The number of thiazole rings is 1. The first-order valence-electron chi connectivity index (χ1n) is 8.51. The Kier molecular flexibility index (Phi) is 8.38. The number of alkyl halides is 3. The van der Waals surface area contributed by atoms with E-state index in [1.807, 2.05) is 0 Å². The van der Waals surface area contributed by atoms with Crippen LogP contribution in [-0.2, 0) is 4.79 Å². The lowest BCUT2D eigenvalue weighted by atomic mass is 10.3. The van der Waals surface area contributed by atoms with Gasteiger partial charge in [-0.2, -0.15) is 29.7 Å². The average Bonchev–Trinajstić information content (AvgIpc) is 2.99. The monoisotopic (exact) mass is 453 g/mol.